The molecule has 1 heterocycles. The van der Waals surface area contributed by atoms with E-state index < -0.39 is 15.0 Å². The van der Waals surface area contributed by atoms with Crippen LogP contribution in [0.2, 0.25) is 0 Å². The lowest BCUT2D eigenvalue weighted by Gasteiger charge is -2.09. The topological polar surface area (TPSA) is 133 Å². The number of quaternary nitrogens is 1. The number of rotatable bonds is 4. The maximum atomic E-state index is 11.1. The lowest BCUT2D eigenvalue weighted by atomic mass is 10.3. The summed E-state index contributed by atoms with van der Waals surface area (Å²) in [7, 11) is -4.57. The molecule has 0 saturated heterocycles. The van der Waals surface area contributed by atoms with E-state index in [-0.39, 0.29) is 11.7 Å². The first-order valence-corrected chi connectivity index (χ1v) is 7.63. The Morgan fingerprint density at radius 2 is 1.95 bits per heavy atom. The maximum absolute atomic E-state index is 11.1. The Kier molecular flexibility index (Phi) is 4.91. The monoisotopic (exact) mass is 305 g/mol. The van der Waals surface area contributed by atoms with Gasteiger partial charge < -0.3 is 10.7 Å². The minimum Gasteiger partial charge on any atom is -0.744 e. The van der Waals surface area contributed by atoms with Crippen molar-refractivity contribution in [2.75, 3.05) is 5.75 Å². The predicted octanol–water partition coefficient (Wildman–Crippen LogP) is 2.25. The summed E-state index contributed by atoms with van der Waals surface area (Å²) in [6.07, 6.45) is 0. The van der Waals surface area contributed by atoms with Gasteiger partial charge in [-0.1, -0.05) is 13.8 Å². The fourth-order valence-electron chi connectivity index (χ4n) is 1.40. The molecule has 0 aliphatic heterocycles. The third kappa shape index (κ3) is 3.44. The van der Waals surface area contributed by atoms with Gasteiger partial charge in [0.25, 0.3) is 0 Å². The third-order valence-electron chi connectivity index (χ3n) is 2.18. The van der Waals surface area contributed by atoms with Gasteiger partial charge in [0.15, 0.2) is 5.52 Å². The highest BCUT2D eigenvalue weighted by Crippen LogP contribution is 2.30. The number of fused-ring (bicyclic) bond motifs is 1. The summed E-state index contributed by atoms with van der Waals surface area (Å²) >= 11 is 1.52. The number of nitrogens with zero attached hydrogens (tertiary/aromatic N) is 2. The molecule has 0 unspecified atom stereocenters. The third-order valence-corrected chi connectivity index (χ3v) is 4.52. The Hall–Kier alpha value is -1.16. The van der Waals surface area contributed by atoms with E-state index in [4.69, 9.17) is 0 Å². The second-order valence-corrected chi connectivity index (χ2v) is 6.59. The second kappa shape index (κ2) is 5.87. The van der Waals surface area contributed by atoms with Crippen LogP contribution < -0.4 is 6.15 Å². The fraction of sp³-hybridized carbons (Fsp3) is 0.400. The van der Waals surface area contributed by atoms with Crippen molar-refractivity contribution in [1.82, 2.24) is 16.5 Å². The smallest absolute Gasteiger partial charge is 0.153 e. The molecule has 19 heavy (non-hydrogen) atoms. The molecule has 0 atom stereocenters. The Balaban J connectivity index is 0.00000180. The highest BCUT2D eigenvalue weighted by molar-refractivity contribution is 7.99. The SMILES string of the molecule is CC(C)CSc1ccc(S(=O)(=O)[O-])c2nonc12.[NH4+]. The Bertz CT molecular complexity index is 666. The van der Waals surface area contributed by atoms with Crippen LogP contribution in [0.3, 0.4) is 0 Å². The van der Waals surface area contributed by atoms with Crippen molar-refractivity contribution in [3.05, 3.63) is 12.1 Å². The van der Waals surface area contributed by atoms with Crippen LogP contribution in [0.1, 0.15) is 13.8 Å². The fourth-order valence-corrected chi connectivity index (χ4v) is 2.95. The van der Waals surface area contributed by atoms with Crippen molar-refractivity contribution in [2.45, 2.75) is 23.6 Å². The number of hydrogen-bond donors (Lipinski definition) is 1. The lowest BCUT2D eigenvalue weighted by molar-refractivity contribution is 0.314. The van der Waals surface area contributed by atoms with Crippen LogP contribution in [0.15, 0.2) is 26.6 Å². The molecule has 4 N–H and O–H groups in total. The van der Waals surface area contributed by atoms with Crippen LogP contribution in [0.5, 0.6) is 0 Å². The highest BCUT2D eigenvalue weighted by atomic mass is 32.2. The minimum absolute atomic E-state index is 0. The van der Waals surface area contributed by atoms with Gasteiger partial charge in [-0.2, -0.15) is 0 Å². The first-order valence-electron chi connectivity index (χ1n) is 5.23. The zero-order valence-electron chi connectivity index (χ0n) is 10.8. The largest absolute Gasteiger partial charge is 0.744 e. The first kappa shape index (κ1) is 15.9. The summed E-state index contributed by atoms with van der Waals surface area (Å²) in [5, 5.41) is 7.15. The summed E-state index contributed by atoms with van der Waals surface area (Å²) in [6, 6.07) is 2.81. The molecule has 1 aromatic carbocycles. The average Bonchev–Trinajstić information content (AvgIpc) is 2.72. The molecule has 0 amide bonds. The van der Waals surface area contributed by atoms with Gasteiger partial charge in [0.1, 0.15) is 15.6 Å². The molecule has 0 radical (unpaired) electrons. The highest BCUT2D eigenvalue weighted by Gasteiger charge is 2.16. The van der Waals surface area contributed by atoms with E-state index in [9.17, 15) is 13.0 Å². The molecule has 0 fully saturated rings. The van der Waals surface area contributed by atoms with E-state index in [2.05, 4.69) is 28.8 Å². The zero-order chi connectivity index (χ0) is 13.3. The normalized spacial score (nSPS) is 11.8. The van der Waals surface area contributed by atoms with E-state index in [0.29, 0.717) is 11.4 Å². The number of thioether (sulfide) groups is 1. The van der Waals surface area contributed by atoms with Crippen LogP contribution >= 0.6 is 11.8 Å². The van der Waals surface area contributed by atoms with Gasteiger partial charge in [0.05, 0.1) is 4.90 Å². The number of benzene rings is 1. The molecule has 106 valence electrons. The van der Waals surface area contributed by atoms with Crippen LogP contribution in [0.25, 0.3) is 11.0 Å². The standard InChI is InChI=1S/C10H12N2O4S2.H3N/c1-6(2)5-17-7-3-4-8(18(13,14)15)10-9(7)11-16-12-10;/h3-4,6H,5H2,1-2H3,(H,13,14,15);1H3. The zero-order valence-corrected chi connectivity index (χ0v) is 12.4. The summed E-state index contributed by atoms with van der Waals surface area (Å²) in [4.78, 5) is 0.361. The Labute approximate surface area is 115 Å². The molecule has 1 aromatic heterocycles. The van der Waals surface area contributed by atoms with Gasteiger partial charge in [-0.05, 0) is 28.4 Å². The molecule has 9 heteroatoms. The first-order chi connectivity index (χ1) is 8.39. The number of hydrogen-bond acceptors (Lipinski definition) is 7. The van der Waals surface area contributed by atoms with Crippen molar-refractivity contribution in [3.63, 3.8) is 0 Å². The van der Waals surface area contributed by atoms with E-state index in [1.807, 2.05) is 0 Å². The molecule has 0 aliphatic carbocycles. The van der Waals surface area contributed by atoms with E-state index in [1.54, 1.807) is 6.07 Å². The van der Waals surface area contributed by atoms with Crippen LogP contribution in [0, 0.1) is 5.92 Å². The summed E-state index contributed by atoms with van der Waals surface area (Å²) in [6.45, 7) is 4.14. The second-order valence-electron chi connectivity index (χ2n) is 4.18. The van der Waals surface area contributed by atoms with E-state index in [1.165, 1.54) is 17.8 Å². The average molecular weight is 305 g/mol. The van der Waals surface area contributed by atoms with Crippen LogP contribution in [-0.4, -0.2) is 29.0 Å². The van der Waals surface area contributed by atoms with E-state index in [0.717, 1.165) is 10.6 Å². The molecular weight excluding hydrogens is 290 g/mol. The van der Waals surface area contributed by atoms with Crippen molar-refractivity contribution >= 4 is 32.9 Å². The van der Waals surface area contributed by atoms with E-state index >= 15 is 0 Å². The Morgan fingerprint density at radius 1 is 1.32 bits per heavy atom. The van der Waals surface area contributed by atoms with Crippen molar-refractivity contribution in [3.8, 4) is 0 Å². The molecule has 0 saturated carbocycles. The van der Waals surface area contributed by atoms with Crippen molar-refractivity contribution < 1.29 is 17.6 Å². The van der Waals surface area contributed by atoms with Gasteiger partial charge >= 0.3 is 0 Å². The van der Waals surface area contributed by atoms with Gasteiger partial charge in [0, 0.05) is 10.6 Å². The summed E-state index contributed by atoms with van der Waals surface area (Å²) in [5.41, 5.74) is 0.316. The van der Waals surface area contributed by atoms with Gasteiger partial charge in [-0.15, -0.1) is 11.8 Å². The maximum Gasteiger partial charge on any atom is 0.153 e. The molecule has 7 nitrogen and oxygen atoms in total. The van der Waals surface area contributed by atoms with Crippen molar-refractivity contribution in [2.24, 2.45) is 5.92 Å². The predicted molar refractivity (Wildman–Crippen MR) is 71.3 cm³/mol. The molecule has 2 aromatic rings. The lowest BCUT2D eigenvalue weighted by Crippen LogP contribution is -2.00. The van der Waals surface area contributed by atoms with Crippen molar-refractivity contribution in [1.29, 1.82) is 0 Å². The molecule has 0 aliphatic rings. The molecule has 0 bridgehead atoms. The summed E-state index contributed by atoms with van der Waals surface area (Å²) < 4.78 is 37.7. The molecule has 0 spiro atoms. The Morgan fingerprint density at radius 3 is 2.53 bits per heavy atom. The van der Waals surface area contributed by atoms with Gasteiger partial charge in [-0.3, -0.25) is 0 Å². The number of aromatic nitrogens is 2. The summed E-state index contributed by atoms with van der Waals surface area (Å²) in [5.74, 6) is 1.33. The van der Waals surface area contributed by atoms with Gasteiger partial charge in [0.2, 0.25) is 0 Å². The minimum atomic E-state index is -4.57. The van der Waals surface area contributed by atoms with Crippen LogP contribution in [-0.2, 0) is 10.1 Å². The molecule has 2 rings (SSSR count). The quantitative estimate of drug-likeness (QED) is 0.676. The van der Waals surface area contributed by atoms with Gasteiger partial charge in [-0.25, -0.2) is 13.0 Å². The van der Waals surface area contributed by atoms with Crippen LogP contribution in [0.4, 0.5) is 0 Å². The molecular formula is C10H15N3O4S2.